The Hall–Kier alpha value is -1.43. The van der Waals surface area contributed by atoms with Crippen molar-refractivity contribution in [3.05, 3.63) is 0 Å². The molecule has 0 amide bonds. The lowest BCUT2D eigenvalue weighted by atomic mass is 9.45. The summed E-state index contributed by atoms with van der Waals surface area (Å²) in [6, 6.07) is 0. The van der Waals surface area contributed by atoms with Gasteiger partial charge in [-0.25, -0.2) is 0 Å². The number of Topliss-reactive ketones (excluding diaryl/α,β-unsaturated/α-hetero) is 1. The first-order valence-corrected chi connectivity index (χ1v) is 11.2. The van der Waals surface area contributed by atoms with Crippen LogP contribution in [0.4, 0.5) is 0 Å². The highest BCUT2D eigenvalue weighted by molar-refractivity contribution is 5.82. The van der Waals surface area contributed by atoms with Crippen molar-refractivity contribution in [3.8, 4) is 0 Å². The molecule has 0 N–H and O–H groups in total. The van der Waals surface area contributed by atoms with Gasteiger partial charge in [0.05, 0.1) is 6.61 Å². The molecule has 8 atom stereocenters. The van der Waals surface area contributed by atoms with Crippen LogP contribution in [-0.4, -0.2) is 36.2 Å². The van der Waals surface area contributed by atoms with Gasteiger partial charge in [0.2, 0.25) is 0 Å². The van der Waals surface area contributed by atoms with E-state index < -0.39 is 17.9 Å². The minimum Gasteiger partial charge on any atom is -0.456 e. The number of hydrogen-bond donors (Lipinski definition) is 0. The molecule has 5 aliphatic rings. The average molecular weight is 405 g/mol. The van der Waals surface area contributed by atoms with E-state index in [9.17, 15) is 14.4 Å². The molecule has 160 valence electrons. The first-order valence-electron chi connectivity index (χ1n) is 11.2. The summed E-state index contributed by atoms with van der Waals surface area (Å²) < 4.78 is 17.6. The van der Waals surface area contributed by atoms with Crippen molar-refractivity contribution in [1.29, 1.82) is 0 Å². The molecule has 4 saturated carbocycles. The number of rotatable bonds is 2. The lowest BCUT2D eigenvalue weighted by Gasteiger charge is -2.59. The van der Waals surface area contributed by atoms with Gasteiger partial charge in [-0.15, -0.1) is 0 Å². The summed E-state index contributed by atoms with van der Waals surface area (Å²) in [5.41, 5.74) is 0.116. The lowest BCUT2D eigenvalue weighted by Crippen LogP contribution is -2.59. The number of hydrogen-bond acceptors (Lipinski definition) is 6. The van der Waals surface area contributed by atoms with E-state index in [2.05, 4.69) is 6.92 Å². The fraction of sp³-hybridized carbons (Fsp3) is 0.870. The number of ether oxygens (including phenoxy) is 3. The van der Waals surface area contributed by atoms with Crippen LogP contribution in [0.15, 0.2) is 0 Å². The van der Waals surface area contributed by atoms with Gasteiger partial charge in [0.15, 0.2) is 6.10 Å². The Morgan fingerprint density at radius 1 is 1.10 bits per heavy atom. The summed E-state index contributed by atoms with van der Waals surface area (Å²) in [6.45, 7) is 5.66. The molecule has 6 nitrogen and oxygen atoms in total. The number of fused-ring (bicyclic) bond motifs is 4. The second kappa shape index (κ2) is 6.29. The molecule has 0 aromatic carbocycles. The molecule has 0 aromatic heterocycles. The third-order valence-corrected chi connectivity index (χ3v) is 9.18. The van der Waals surface area contributed by atoms with Crippen molar-refractivity contribution in [2.45, 2.75) is 84.0 Å². The largest absolute Gasteiger partial charge is 0.456 e. The fourth-order valence-electron chi connectivity index (χ4n) is 8.19. The van der Waals surface area contributed by atoms with Crippen LogP contribution in [0.25, 0.3) is 0 Å². The van der Waals surface area contributed by atoms with Crippen molar-refractivity contribution in [2.24, 2.45) is 34.5 Å². The van der Waals surface area contributed by atoms with E-state index in [-0.39, 0.29) is 16.8 Å². The molecule has 0 unspecified atom stereocenters. The quantitative estimate of drug-likeness (QED) is 0.656. The molecule has 5 fully saturated rings. The third kappa shape index (κ3) is 2.74. The van der Waals surface area contributed by atoms with Crippen LogP contribution in [0.5, 0.6) is 0 Å². The van der Waals surface area contributed by atoms with Crippen molar-refractivity contribution >= 4 is 17.7 Å². The van der Waals surface area contributed by atoms with Crippen LogP contribution in [0.1, 0.15) is 72.1 Å². The molecule has 1 spiro atoms. The van der Waals surface area contributed by atoms with Crippen LogP contribution in [-0.2, 0) is 28.6 Å². The summed E-state index contributed by atoms with van der Waals surface area (Å²) in [4.78, 5) is 36.0. The SMILES string of the molecule is CC(=O)O[C@H]1C[C@@H]2CC[C@H]3[C@H]4CC(=O)C[C@@]4(C)CC[C@H]3[C@@]23CO[C@]1(OC(C)=O)C3. The highest BCUT2D eigenvalue weighted by Crippen LogP contribution is 2.69. The molecular formula is C23H32O6. The lowest BCUT2D eigenvalue weighted by molar-refractivity contribution is -0.264. The average Bonchev–Trinajstić information content (AvgIpc) is 3.10. The molecule has 4 aliphatic carbocycles. The van der Waals surface area contributed by atoms with Gasteiger partial charge in [-0.2, -0.15) is 0 Å². The van der Waals surface area contributed by atoms with E-state index in [1.54, 1.807) is 0 Å². The number of carbonyl (C=O) groups excluding carboxylic acids is 3. The predicted molar refractivity (Wildman–Crippen MR) is 102 cm³/mol. The Bertz CT molecular complexity index is 762. The molecule has 0 radical (unpaired) electrons. The maximum atomic E-state index is 12.3. The topological polar surface area (TPSA) is 78.9 Å². The maximum absolute atomic E-state index is 12.3. The van der Waals surface area contributed by atoms with Crippen LogP contribution in [0.3, 0.4) is 0 Å². The molecular weight excluding hydrogens is 372 g/mol. The molecule has 5 rings (SSSR count). The molecule has 1 aliphatic heterocycles. The summed E-state index contributed by atoms with van der Waals surface area (Å²) in [6.07, 6.45) is 6.63. The van der Waals surface area contributed by atoms with Gasteiger partial charge in [-0.3, -0.25) is 14.4 Å². The van der Waals surface area contributed by atoms with Gasteiger partial charge >= 0.3 is 11.9 Å². The number of esters is 2. The Labute approximate surface area is 172 Å². The van der Waals surface area contributed by atoms with Crippen LogP contribution < -0.4 is 0 Å². The summed E-state index contributed by atoms with van der Waals surface area (Å²) in [5, 5.41) is 0. The first-order chi connectivity index (χ1) is 13.7. The van der Waals surface area contributed by atoms with Crippen LogP contribution >= 0.6 is 0 Å². The Morgan fingerprint density at radius 2 is 1.90 bits per heavy atom. The number of ketones is 1. The molecule has 6 heteroatoms. The van der Waals surface area contributed by atoms with E-state index >= 15 is 0 Å². The van der Waals surface area contributed by atoms with Gasteiger partial charge in [0, 0.05) is 38.5 Å². The van der Waals surface area contributed by atoms with Gasteiger partial charge in [-0.05, 0) is 61.2 Å². The van der Waals surface area contributed by atoms with Crippen LogP contribution in [0, 0.1) is 34.5 Å². The van der Waals surface area contributed by atoms with Crippen molar-refractivity contribution in [2.75, 3.05) is 6.61 Å². The molecule has 1 saturated heterocycles. The minimum absolute atomic E-state index is 0.0397. The monoisotopic (exact) mass is 404 g/mol. The normalized spacial score (nSPS) is 50.3. The molecule has 1 heterocycles. The van der Waals surface area contributed by atoms with E-state index in [1.807, 2.05) is 0 Å². The van der Waals surface area contributed by atoms with E-state index in [0.29, 0.717) is 48.9 Å². The van der Waals surface area contributed by atoms with Crippen molar-refractivity contribution in [3.63, 3.8) is 0 Å². The van der Waals surface area contributed by atoms with Crippen LogP contribution in [0.2, 0.25) is 0 Å². The Balaban J connectivity index is 1.48. The first kappa shape index (κ1) is 19.5. The number of carbonyl (C=O) groups is 3. The predicted octanol–water partition coefficient (Wildman–Crippen LogP) is 3.41. The molecule has 0 aromatic rings. The zero-order valence-corrected chi connectivity index (χ0v) is 17.7. The maximum Gasteiger partial charge on any atom is 0.305 e. The Kier molecular flexibility index (Phi) is 4.23. The van der Waals surface area contributed by atoms with Gasteiger partial charge in [0.1, 0.15) is 5.78 Å². The second-order valence-corrected chi connectivity index (χ2v) is 10.7. The zero-order chi connectivity index (χ0) is 20.6. The van der Waals surface area contributed by atoms with Gasteiger partial charge in [0.25, 0.3) is 5.79 Å². The third-order valence-electron chi connectivity index (χ3n) is 9.18. The van der Waals surface area contributed by atoms with Gasteiger partial charge < -0.3 is 14.2 Å². The standard InChI is InChI=1S/C23H32O6/c1-13(24)28-20-8-15-4-5-17-18(6-7-21(3)10-16(26)9-19(17)21)22(15)11-23(20,27-12-22)29-14(2)25/h15,17-20H,4-12H2,1-3H3/t15-,17+,18+,19+,20-,21+,22-,23-/m0/s1. The minimum atomic E-state index is -1.15. The zero-order valence-electron chi connectivity index (χ0n) is 17.7. The highest BCUT2D eigenvalue weighted by atomic mass is 16.7. The van der Waals surface area contributed by atoms with Gasteiger partial charge in [-0.1, -0.05) is 6.92 Å². The van der Waals surface area contributed by atoms with E-state index in [4.69, 9.17) is 14.2 Å². The summed E-state index contributed by atoms with van der Waals surface area (Å²) in [5.74, 6) is 0.411. The summed E-state index contributed by atoms with van der Waals surface area (Å²) in [7, 11) is 0. The van der Waals surface area contributed by atoms with E-state index in [1.165, 1.54) is 13.8 Å². The second-order valence-electron chi connectivity index (χ2n) is 10.7. The van der Waals surface area contributed by atoms with Crippen molar-refractivity contribution in [1.82, 2.24) is 0 Å². The summed E-state index contributed by atoms with van der Waals surface area (Å²) >= 11 is 0. The molecule has 2 bridgehead atoms. The van der Waals surface area contributed by atoms with E-state index in [0.717, 1.165) is 38.5 Å². The fourth-order valence-corrected chi connectivity index (χ4v) is 8.19. The highest BCUT2D eigenvalue weighted by Gasteiger charge is 2.70. The smallest absolute Gasteiger partial charge is 0.305 e. The molecule has 29 heavy (non-hydrogen) atoms. The Morgan fingerprint density at radius 3 is 2.62 bits per heavy atom. The van der Waals surface area contributed by atoms with Crippen molar-refractivity contribution < 1.29 is 28.6 Å².